The maximum atomic E-state index is 12.5. The molecule has 1 aliphatic carbocycles. The van der Waals surface area contributed by atoms with Crippen molar-refractivity contribution in [2.45, 2.75) is 25.3 Å². The van der Waals surface area contributed by atoms with E-state index in [1.54, 1.807) is 18.5 Å². The molecule has 26 heavy (non-hydrogen) atoms. The first-order valence-corrected chi connectivity index (χ1v) is 9.36. The fourth-order valence-corrected chi connectivity index (χ4v) is 3.97. The van der Waals surface area contributed by atoms with E-state index < -0.39 is 0 Å². The number of fused-ring (bicyclic) bond motifs is 1. The molecular weight excluding hydrogens is 348 g/mol. The molecule has 1 amide bonds. The van der Waals surface area contributed by atoms with Crippen LogP contribution in [0.4, 0.5) is 0 Å². The van der Waals surface area contributed by atoms with Gasteiger partial charge in [0.1, 0.15) is 10.7 Å². The van der Waals surface area contributed by atoms with Crippen molar-refractivity contribution >= 4 is 17.2 Å². The molecule has 0 saturated carbocycles. The smallest absolute Gasteiger partial charge is 0.271 e. The molecule has 4 rings (SSSR count). The number of hydrogen-bond donors (Lipinski definition) is 1. The predicted molar refractivity (Wildman–Crippen MR) is 100 cm³/mol. The molecule has 1 aliphatic rings. The summed E-state index contributed by atoms with van der Waals surface area (Å²) in [5.74, 6) is -0.173. The van der Waals surface area contributed by atoms with Gasteiger partial charge in [-0.1, -0.05) is 30.3 Å². The van der Waals surface area contributed by atoms with Crippen LogP contribution in [0.3, 0.4) is 0 Å². The molecule has 0 aliphatic heterocycles. The van der Waals surface area contributed by atoms with Gasteiger partial charge in [0.05, 0.1) is 5.69 Å². The summed E-state index contributed by atoms with van der Waals surface area (Å²) < 4.78 is 1.36. The molecule has 0 spiro atoms. The summed E-state index contributed by atoms with van der Waals surface area (Å²) >= 11 is 1.46. The molecular formula is C19H18N4O2S. The number of carbonyl (C=O) groups excluding carboxylic acids is 1. The zero-order chi connectivity index (χ0) is 18.1. The first-order chi connectivity index (χ1) is 12.6. The Bertz CT molecular complexity index is 1010. The molecule has 2 heterocycles. The van der Waals surface area contributed by atoms with Crippen LogP contribution in [0.2, 0.25) is 0 Å². The normalized spacial score (nSPS) is 16.1. The van der Waals surface area contributed by atoms with Gasteiger partial charge in [0.2, 0.25) is 0 Å². The van der Waals surface area contributed by atoms with Crippen LogP contribution in [0, 0.1) is 0 Å². The number of nitrogens with zero attached hydrogens (tertiary/aromatic N) is 3. The highest BCUT2D eigenvalue weighted by Gasteiger charge is 2.23. The summed E-state index contributed by atoms with van der Waals surface area (Å²) in [6.45, 7) is 0. The van der Waals surface area contributed by atoms with Gasteiger partial charge in [0.25, 0.3) is 11.5 Å². The van der Waals surface area contributed by atoms with Crippen molar-refractivity contribution in [3.63, 3.8) is 0 Å². The fraction of sp³-hybridized carbons (Fsp3) is 0.263. The largest absolute Gasteiger partial charge is 0.348 e. The number of aromatic nitrogens is 3. The molecule has 7 heteroatoms. The minimum atomic E-state index is -0.173. The number of carbonyl (C=O) groups is 1. The van der Waals surface area contributed by atoms with E-state index in [-0.39, 0.29) is 17.5 Å². The Balaban J connectivity index is 1.46. The Hall–Kier alpha value is -2.80. The number of hydrogen-bond acceptors (Lipinski definition) is 5. The molecule has 6 nitrogen and oxygen atoms in total. The summed E-state index contributed by atoms with van der Waals surface area (Å²) in [6, 6.07) is 11.4. The van der Waals surface area contributed by atoms with Crippen molar-refractivity contribution in [1.29, 1.82) is 0 Å². The quantitative estimate of drug-likeness (QED) is 0.771. The number of benzene rings is 1. The number of aryl methyl sites for hydroxylation is 2. The van der Waals surface area contributed by atoms with E-state index in [1.165, 1.54) is 16.0 Å². The zero-order valence-electron chi connectivity index (χ0n) is 14.3. The third kappa shape index (κ3) is 3.30. The van der Waals surface area contributed by atoms with Crippen LogP contribution in [-0.2, 0) is 19.9 Å². The lowest BCUT2D eigenvalue weighted by Crippen LogP contribution is -2.40. The van der Waals surface area contributed by atoms with Crippen LogP contribution in [0.25, 0.3) is 10.6 Å². The van der Waals surface area contributed by atoms with Crippen LogP contribution < -0.4 is 10.9 Å². The molecule has 0 saturated heterocycles. The van der Waals surface area contributed by atoms with E-state index in [0.29, 0.717) is 12.1 Å². The number of nitrogens with one attached hydrogen (secondary N) is 1. The van der Waals surface area contributed by atoms with E-state index >= 15 is 0 Å². The third-order valence-electron chi connectivity index (χ3n) is 4.55. The maximum absolute atomic E-state index is 12.5. The monoisotopic (exact) mass is 366 g/mol. The van der Waals surface area contributed by atoms with Crippen molar-refractivity contribution < 1.29 is 4.79 Å². The highest BCUT2D eigenvalue weighted by Crippen LogP contribution is 2.24. The van der Waals surface area contributed by atoms with Crippen LogP contribution >= 0.6 is 11.3 Å². The van der Waals surface area contributed by atoms with Gasteiger partial charge in [0, 0.05) is 30.1 Å². The van der Waals surface area contributed by atoms with E-state index in [4.69, 9.17) is 0 Å². The average molecular weight is 366 g/mol. The maximum Gasteiger partial charge on any atom is 0.271 e. The Kier molecular flexibility index (Phi) is 4.38. The van der Waals surface area contributed by atoms with Gasteiger partial charge in [-0.3, -0.25) is 9.59 Å². The highest BCUT2D eigenvalue weighted by molar-refractivity contribution is 7.13. The average Bonchev–Trinajstić information content (AvgIpc) is 3.14. The van der Waals surface area contributed by atoms with E-state index in [1.807, 2.05) is 30.3 Å². The minimum absolute atomic E-state index is 0.00854. The van der Waals surface area contributed by atoms with Gasteiger partial charge in [-0.2, -0.15) is 5.10 Å². The first-order valence-electron chi connectivity index (χ1n) is 8.48. The zero-order valence-corrected chi connectivity index (χ0v) is 15.1. The topological polar surface area (TPSA) is 76.9 Å². The second-order valence-corrected chi connectivity index (χ2v) is 7.25. The fourth-order valence-electron chi connectivity index (χ4n) is 3.16. The van der Waals surface area contributed by atoms with Gasteiger partial charge in [-0.05, 0) is 24.8 Å². The summed E-state index contributed by atoms with van der Waals surface area (Å²) in [6.07, 6.45) is 2.18. The predicted octanol–water partition coefficient (Wildman–Crippen LogP) is 2.19. The molecule has 1 aromatic carbocycles. The molecule has 3 aromatic rings. The number of thiazole rings is 1. The van der Waals surface area contributed by atoms with Crippen LogP contribution in [0.5, 0.6) is 0 Å². The lowest BCUT2D eigenvalue weighted by molar-refractivity contribution is 0.0929. The second-order valence-electron chi connectivity index (χ2n) is 6.40. The van der Waals surface area contributed by atoms with Gasteiger partial charge >= 0.3 is 0 Å². The van der Waals surface area contributed by atoms with Crippen LogP contribution in [0.15, 0.2) is 46.6 Å². The van der Waals surface area contributed by atoms with E-state index in [2.05, 4.69) is 15.4 Å². The Morgan fingerprint density at radius 1 is 1.31 bits per heavy atom. The molecule has 0 bridgehead atoms. The van der Waals surface area contributed by atoms with Crippen molar-refractivity contribution in [3.05, 3.63) is 69.1 Å². The molecule has 132 valence electrons. The lowest BCUT2D eigenvalue weighted by atomic mass is 9.92. The van der Waals surface area contributed by atoms with E-state index in [9.17, 15) is 9.59 Å². The minimum Gasteiger partial charge on any atom is -0.348 e. The molecule has 1 atom stereocenters. The van der Waals surface area contributed by atoms with Gasteiger partial charge in [-0.15, -0.1) is 11.3 Å². The summed E-state index contributed by atoms with van der Waals surface area (Å²) in [4.78, 5) is 28.8. The summed E-state index contributed by atoms with van der Waals surface area (Å²) in [7, 11) is 1.66. The first kappa shape index (κ1) is 16.7. The van der Waals surface area contributed by atoms with Gasteiger partial charge < -0.3 is 5.32 Å². The van der Waals surface area contributed by atoms with Crippen molar-refractivity contribution in [2.24, 2.45) is 7.05 Å². The molecule has 2 aromatic heterocycles. The van der Waals surface area contributed by atoms with Crippen LogP contribution in [0.1, 0.15) is 28.2 Å². The van der Waals surface area contributed by atoms with Crippen molar-refractivity contribution in [3.8, 4) is 10.6 Å². The van der Waals surface area contributed by atoms with E-state index in [0.717, 1.165) is 34.7 Å². The summed E-state index contributed by atoms with van der Waals surface area (Å²) in [5, 5.41) is 9.96. The summed E-state index contributed by atoms with van der Waals surface area (Å²) in [5.41, 5.74) is 3.18. The lowest BCUT2D eigenvalue weighted by Gasteiger charge is -2.24. The van der Waals surface area contributed by atoms with Crippen molar-refractivity contribution in [2.75, 3.05) is 0 Å². The van der Waals surface area contributed by atoms with Crippen LogP contribution in [-0.4, -0.2) is 26.7 Å². The Labute approximate surface area is 154 Å². The number of amides is 1. The second kappa shape index (κ2) is 6.84. The molecule has 0 fully saturated rings. The highest BCUT2D eigenvalue weighted by atomic mass is 32.1. The molecule has 0 unspecified atom stereocenters. The number of rotatable bonds is 3. The van der Waals surface area contributed by atoms with Gasteiger partial charge in [-0.25, -0.2) is 9.67 Å². The van der Waals surface area contributed by atoms with Gasteiger partial charge in [0.15, 0.2) is 0 Å². The Morgan fingerprint density at radius 3 is 2.92 bits per heavy atom. The third-order valence-corrected chi connectivity index (χ3v) is 5.44. The Morgan fingerprint density at radius 2 is 2.12 bits per heavy atom. The molecule has 1 N–H and O–H groups in total. The van der Waals surface area contributed by atoms with Crippen molar-refractivity contribution in [1.82, 2.24) is 20.1 Å². The SMILES string of the molecule is Cn1nc2c(cc1=O)C[C@@H](NC(=O)c1csc(-c3ccccc3)n1)CC2. The standard InChI is InChI=1S/C19H18N4O2S/c1-23-17(24)10-13-9-14(7-8-15(13)22-23)20-18(25)16-11-26-19(21-16)12-5-3-2-4-6-12/h2-6,10-11,14H,7-9H2,1H3,(H,20,25)/t14-/m0/s1. The molecule has 0 radical (unpaired) electrons.